The maximum absolute atomic E-state index is 12.2. The van der Waals surface area contributed by atoms with Crippen molar-refractivity contribution >= 4 is 10.2 Å². The molecule has 18 heavy (non-hydrogen) atoms. The third-order valence-electron chi connectivity index (χ3n) is 3.76. The summed E-state index contributed by atoms with van der Waals surface area (Å²) < 4.78 is 27.6. The molecular formula is C13H28N2O2S. The first-order chi connectivity index (χ1) is 8.54. The van der Waals surface area contributed by atoms with Crippen LogP contribution in [0.25, 0.3) is 0 Å². The predicted octanol–water partition coefficient (Wildman–Crippen LogP) is 2.62. The molecule has 1 fully saturated rings. The molecule has 0 amide bonds. The summed E-state index contributed by atoms with van der Waals surface area (Å²) in [7, 11) is -1.49. The van der Waals surface area contributed by atoms with Crippen molar-refractivity contribution in [3.63, 3.8) is 0 Å². The van der Waals surface area contributed by atoms with Gasteiger partial charge in [-0.05, 0) is 12.8 Å². The third-order valence-corrected chi connectivity index (χ3v) is 5.81. The second-order valence-corrected chi connectivity index (χ2v) is 7.22. The zero-order valence-corrected chi connectivity index (χ0v) is 12.9. The highest BCUT2D eigenvalue weighted by Gasteiger charge is 2.37. The fourth-order valence-corrected chi connectivity index (χ4v) is 4.09. The van der Waals surface area contributed by atoms with Crippen molar-refractivity contribution in [2.75, 3.05) is 20.1 Å². The molecule has 0 spiro atoms. The second kappa shape index (κ2) is 7.46. The Balaban J connectivity index is 2.64. The quantitative estimate of drug-likeness (QED) is 0.639. The highest BCUT2D eigenvalue weighted by atomic mass is 32.2. The van der Waals surface area contributed by atoms with Crippen LogP contribution in [0.4, 0.5) is 0 Å². The first kappa shape index (κ1) is 15.9. The molecule has 0 aromatic heterocycles. The summed E-state index contributed by atoms with van der Waals surface area (Å²) in [5.74, 6) is 0. The van der Waals surface area contributed by atoms with Crippen LogP contribution in [-0.4, -0.2) is 43.2 Å². The van der Waals surface area contributed by atoms with Crippen LogP contribution in [0.15, 0.2) is 0 Å². The molecule has 1 aliphatic rings. The minimum absolute atomic E-state index is 0.214. The Bertz CT molecular complexity index is 330. The number of nitrogens with zero attached hydrogens (tertiary/aromatic N) is 2. The fourth-order valence-electron chi connectivity index (χ4n) is 2.52. The lowest BCUT2D eigenvalue weighted by Gasteiger charge is -2.26. The summed E-state index contributed by atoms with van der Waals surface area (Å²) in [6.07, 6.45) is 7.80. The summed E-state index contributed by atoms with van der Waals surface area (Å²) in [5.41, 5.74) is 0. The molecule has 5 heteroatoms. The monoisotopic (exact) mass is 276 g/mol. The highest BCUT2D eigenvalue weighted by molar-refractivity contribution is 7.87. The van der Waals surface area contributed by atoms with Crippen molar-refractivity contribution in [1.82, 2.24) is 8.61 Å². The third kappa shape index (κ3) is 3.93. The van der Waals surface area contributed by atoms with Crippen LogP contribution in [-0.2, 0) is 10.2 Å². The number of hydrogen-bond donors (Lipinski definition) is 0. The summed E-state index contributed by atoms with van der Waals surface area (Å²) >= 11 is 0. The first-order valence-corrected chi connectivity index (χ1v) is 8.66. The topological polar surface area (TPSA) is 40.6 Å². The molecule has 0 radical (unpaired) electrons. The molecule has 1 heterocycles. The Hall–Kier alpha value is -0.130. The average Bonchev–Trinajstić information content (AvgIpc) is 2.59. The van der Waals surface area contributed by atoms with Gasteiger partial charge >= 0.3 is 0 Å². The van der Waals surface area contributed by atoms with Crippen LogP contribution >= 0.6 is 0 Å². The Morgan fingerprint density at radius 2 is 1.61 bits per heavy atom. The zero-order valence-electron chi connectivity index (χ0n) is 12.1. The molecule has 1 rings (SSSR count). The van der Waals surface area contributed by atoms with Crippen LogP contribution in [0.2, 0.25) is 0 Å². The Labute approximate surface area is 113 Å². The van der Waals surface area contributed by atoms with Gasteiger partial charge in [-0.1, -0.05) is 46.0 Å². The van der Waals surface area contributed by atoms with Crippen molar-refractivity contribution in [3.05, 3.63) is 0 Å². The van der Waals surface area contributed by atoms with Gasteiger partial charge in [0, 0.05) is 26.2 Å². The lowest BCUT2D eigenvalue weighted by molar-refractivity contribution is 0.299. The van der Waals surface area contributed by atoms with E-state index in [0.717, 1.165) is 32.1 Å². The van der Waals surface area contributed by atoms with E-state index in [9.17, 15) is 8.42 Å². The summed E-state index contributed by atoms with van der Waals surface area (Å²) in [6.45, 7) is 5.65. The van der Waals surface area contributed by atoms with E-state index in [1.807, 2.05) is 0 Å². The molecule has 1 saturated heterocycles. The maximum atomic E-state index is 12.2. The summed E-state index contributed by atoms with van der Waals surface area (Å²) in [4.78, 5) is 0. The van der Waals surface area contributed by atoms with Crippen molar-refractivity contribution < 1.29 is 8.42 Å². The van der Waals surface area contributed by atoms with Gasteiger partial charge in [-0.2, -0.15) is 17.0 Å². The predicted molar refractivity (Wildman–Crippen MR) is 75.7 cm³/mol. The lowest BCUT2D eigenvalue weighted by Crippen LogP contribution is -2.39. The van der Waals surface area contributed by atoms with E-state index in [4.69, 9.17) is 0 Å². The van der Waals surface area contributed by atoms with Gasteiger partial charge in [-0.15, -0.1) is 0 Å². The van der Waals surface area contributed by atoms with Crippen LogP contribution in [0, 0.1) is 0 Å². The molecule has 0 bridgehead atoms. The molecule has 0 N–H and O–H groups in total. The van der Waals surface area contributed by atoms with Gasteiger partial charge in [-0.25, -0.2) is 0 Å². The van der Waals surface area contributed by atoms with Crippen LogP contribution < -0.4 is 0 Å². The molecule has 0 saturated carbocycles. The molecule has 1 atom stereocenters. The van der Waals surface area contributed by atoms with E-state index >= 15 is 0 Å². The Morgan fingerprint density at radius 1 is 1.00 bits per heavy atom. The van der Waals surface area contributed by atoms with Crippen LogP contribution in [0.1, 0.15) is 58.8 Å². The normalized spacial score (nSPS) is 22.4. The largest absolute Gasteiger partial charge is 0.282 e. The number of rotatable bonds is 8. The number of hydrogen-bond acceptors (Lipinski definition) is 2. The van der Waals surface area contributed by atoms with Gasteiger partial charge in [0.05, 0.1) is 0 Å². The Kier molecular flexibility index (Phi) is 6.60. The Morgan fingerprint density at radius 3 is 2.11 bits per heavy atom. The molecule has 0 aromatic rings. The van der Waals surface area contributed by atoms with E-state index in [1.165, 1.54) is 17.1 Å². The van der Waals surface area contributed by atoms with Crippen molar-refractivity contribution in [2.24, 2.45) is 0 Å². The molecule has 1 aliphatic heterocycles. The number of unbranched alkanes of at least 4 members (excludes halogenated alkanes) is 3. The molecule has 108 valence electrons. The highest BCUT2D eigenvalue weighted by Crippen LogP contribution is 2.24. The minimum Gasteiger partial charge on any atom is -0.195 e. The maximum Gasteiger partial charge on any atom is 0.282 e. The second-order valence-electron chi connectivity index (χ2n) is 5.23. The van der Waals surface area contributed by atoms with Gasteiger partial charge in [0.25, 0.3) is 10.2 Å². The summed E-state index contributed by atoms with van der Waals surface area (Å²) in [5, 5.41) is 0. The van der Waals surface area contributed by atoms with Gasteiger partial charge in [0.15, 0.2) is 0 Å². The van der Waals surface area contributed by atoms with E-state index in [1.54, 1.807) is 11.4 Å². The van der Waals surface area contributed by atoms with E-state index in [-0.39, 0.29) is 6.04 Å². The summed E-state index contributed by atoms with van der Waals surface area (Å²) in [6, 6.07) is 0.214. The average molecular weight is 276 g/mol. The van der Waals surface area contributed by atoms with Crippen molar-refractivity contribution in [3.8, 4) is 0 Å². The van der Waals surface area contributed by atoms with Gasteiger partial charge in [0.2, 0.25) is 0 Å². The molecule has 0 aliphatic carbocycles. The molecule has 1 unspecified atom stereocenters. The van der Waals surface area contributed by atoms with E-state index < -0.39 is 10.2 Å². The SMILES string of the molecule is CCCCCC(CCCC)N1CCN(C)S1(=O)=O. The van der Waals surface area contributed by atoms with E-state index in [0.29, 0.717) is 13.1 Å². The van der Waals surface area contributed by atoms with Crippen LogP contribution in [0.3, 0.4) is 0 Å². The van der Waals surface area contributed by atoms with E-state index in [2.05, 4.69) is 13.8 Å². The molecule has 0 aromatic carbocycles. The first-order valence-electron chi connectivity index (χ1n) is 7.27. The van der Waals surface area contributed by atoms with Crippen LogP contribution in [0.5, 0.6) is 0 Å². The molecule has 4 nitrogen and oxygen atoms in total. The van der Waals surface area contributed by atoms with Gasteiger partial charge in [-0.3, -0.25) is 0 Å². The van der Waals surface area contributed by atoms with Gasteiger partial charge < -0.3 is 0 Å². The van der Waals surface area contributed by atoms with Crippen molar-refractivity contribution in [1.29, 1.82) is 0 Å². The fraction of sp³-hybridized carbons (Fsp3) is 1.00. The number of likely N-dealkylation sites (N-methyl/N-ethyl adjacent to an activating group) is 1. The van der Waals surface area contributed by atoms with Gasteiger partial charge in [0.1, 0.15) is 0 Å². The lowest BCUT2D eigenvalue weighted by atomic mass is 10.0. The zero-order chi connectivity index (χ0) is 13.6. The smallest absolute Gasteiger partial charge is 0.195 e. The van der Waals surface area contributed by atoms with Crippen molar-refractivity contribution in [2.45, 2.75) is 64.8 Å². The standard InChI is InChI=1S/C13H28N2O2S/c1-4-6-8-10-13(9-7-5-2)15-12-11-14(3)18(15,16)17/h13H,4-12H2,1-3H3. The minimum atomic E-state index is -3.17. The molecular weight excluding hydrogens is 248 g/mol.